The van der Waals surface area contributed by atoms with Gasteiger partial charge >= 0.3 is 0 Å². The van der Waals surface area contributed by atoms with Crippen LogP contribution in [0.1, 0.15) is 23.2 Å². The summed E-state index contributed by atoms with van der Waals surface area (Å²) < 4.78 is 0. The molecule has 0 saturated carbocycles. The van der Waals surface area contributed by atoms with Gasteiger partial charge in [0.15, 0.2) is 0 Å². The van der Waals surface area contributed by atoms with Gasteiger partial charge in [-0.25, -0.2) is 0 Å². The molecule has 1 aliphatic rings. The zero-order valence-electron chi connectivity index (χ0n) is 9.90. The normalized spacial score (nSPS) is 17.1. The Kier molecular flexibility index (Phi) is 3.58. The van der Waals surface area contributed by atoms with Gasteiger partial charge in [-0.1, -0.05) is 0 Å². The van der Waals surface area contributed by atoms with Crippen molar-refractivity contribution < 1.29 is 4.79 Å². The molecule has 92 valence electrons. The lowest BCUT2D eigenvalue weighted by Gasteiger charge is -2.31. The Balaban J connectivity index is 2.04. The SMILES string of the molecule is CNC1CCN(C(=O)c2cc[nH]c(=O)c2)CC1. The smallest absolute Gasteiger partial charge is 0.254 e. The molecule has 1 fully saturated rings. The molecule has 2 heterocycles. The number of hydrogen-bond acceptors (Lipinski definition) is 3. The zero-order valence-corrected chi connectivity index (χ0v) is 9.90. The number of aromatic amines is 1. The molecule has 2 N–H and O–H groups in total. The first-order chi connectivity index (χ1) is 8.20. The van der Waals surface area contributed by atoms with Gasteiger partial charge in [0.1, 0.15) is 0 Å². The summed E-state index contributed by atoms with van der Waals surface area (Å²) in [5.41, 5.74) is 0.234. The quantitative estimate of drug-likeness (QED) is 0.769. The van der Waals surface area contributed by atoms with E-state index in [1.807, 2.05) is 11.9 Å². The summed E-state index contributed by atoms with van der Waals surface area (Å²) in [4.78, 5) is 27.6. The third kappa shape index (κ3) is 2.74. The number of H-pyrrole nitrogens is 1. The van der Waals surface area contributed by atoms with Crippen LogP contribution in [0.15, 0.2) is 23.1 Å². The molecule has 0 atom stereocenters. The van der Waals surface area contributed by atoms with Crippen molar-refractivity contribution >= 4 is 5.91 Å². The Morgan fingerprint density at radius 3 is 2.76 bits per heavy atom. The first-order valence-electron chi connectivity index (χ1n) is 5.86. The number of nitrogens with zero attached hydrogens (tertiary/aromatic N) is 1. The van der Waals surface area contributed by atoms with E-state index in [4.69, 9.17) is 0 Å². The number of carbonyl (C=O) groups is 1. The lowest BCUT2D eigenvalue weighted by Crippen LogP contribution is -2.44. The van der Waals surface area contributed by atoms with Crippen molar-refractivity contribution in [2.75, 3.05) is 20.1 Å². The van der Waals surface area contributed by atoms with E-state index >= 15 is 0 Å². The Labute approximate surface area is 99.8 Å². The number of likely N-dealkylation sites (tertiary alicyclic amines) is 1. The van der Waals surface area contributed by atoms with Gasteiger partial charge in [-0.3, -0.25) is 9.59 Å². The van der Waals surface area contributed by atoms with Gasteiger partial charge < -0.3 is 15.2 Å². The molecule has 0 aromatic carbocycles. The van der Waals surface area contributed by atoms with Crippen molar-refractivity contribution in [2.45, 2.75) is 18.9 Å². The van der Waals surface area contributed by atoms with E-state index in [-0.39, 0.29) is 11.5 Å². The fraction of sp³-hybridized carbons (Fsp3) is 0.500. The first kappa shape index (κ1) is 11.9. The van der Waals surface area contributed by atoms with Crippen molar-refractivity contribution in [3.8, 4) is 0 Å². The number of carbonyl (C=O) groups excluding carboxylic acids is 1. The fourth-order valence-corrected chi connectivity index (χ4v) is 2.13. The third-order valence-electron chi connectivity index (χ3n) is 3.21. The number of hydrogen-bond donors (Lipinski definition) is 2. The molecule has 5 nitrogen and oxygen atoms in total. The highest BCUT2D eigenvalue weighted by molar-refractivity contribution is 5.94. The molecule has 2 rings (SSSR count). The van der Waals surface area contributed by atoms with Crippen LogP contribution >= 0.6 is 0 Å². The van der Waals surface area contributed by atoms with E-state index in [0.29, 0.717) is 11.6 Å². The minimum Gasteiger partial charge on any atom is -0.339 e. The Bertz CT molecular complexity index is 447. The number of pyridine rings is 1. The number of piperidine rings is 1. The Morgan fingerprint density at radius 1 is 1.47 bits per heavy atom. The lowest BCUT2D eigenvalue weighted by atomic mass is 10.0. The molecule has 17 heavy (non-hydrogen) atoms. The van der Waals surface area contributed by atoms with Crippen molar-refractivity contribution in [3.63, 3.8) is 0 Å². The van der Waals surface area contributed by atoms with E-state index in [1.165, 1.54) is 12.3 Å². The van der Waals surface area contributed by atoms with E-state index < -0.39 is 0 Å². The molecular weight excluding hydrogens is 218 g/mol. The fourth-order valence-electron chi connectivity index (χ4n) is 2.13. The Morgan fingerprint density at radius 2 is 2.18 bits per heavy atom. The summed E-state index contributed by atoms with van der Waals surface area (Å²) in [5, 5.41) is 3.22. The summed E-state index contributed by atoms with van der Waals surface area (Å²) in [7, 11) is 1.94. The molecule has 1 aromatic rings. The van der Waals surface area contributed by atoms with Gasteiger partial charge in [-0.15, -0.1) is 0 Å². The summed E-state index contributed by atoms with van der Waals surface area (Å²) in [6, 6.07) is 3.50. The van der Waals surface area contributed by atoms with E-state index in [2.05, 4.69) is 10.3 Å². The van der Waals surface area contributed by atoms with Gasteiger partial charge in [-0.05, 0) is 26.0 Å². The van der Waals surface area contributed by atoms with E-state index in [1.54, 1.807) is 6.07 Å². The second-order valence-electron chi connectivity index (χ2n) is 4.30. The van der Waals surface area contributed by atoms with Crippen molar-refractivity contribution in [2.24, 2.45) is 0 Å². The minimum atomic E-state index is -0.235. The predicted octanol–water partition coefficient (Wildman–Crippen LogP) is 0.199. The molecule has 0 unspecified atom stereocenters. The average Bonchev–Trinajstić information content (AvgIpc) is 2.38. The molecule has 1 aliphatic heterocycles. The van der Waals surface area contributed by atoms with E-state index in [9.17, 15) is 9.59 Å². The molecule has 5 heteroatoms. The molecule has 1 amide bonds. The van der Waals surface area contributed by atoms with Crippen LogP contribution in [0, 0.1) is 0 Å². The van der Waals surface area contributed by atoms with Crippen LogP contribution in [0.5, 0.6) is 0 Å². The molecule has 0 radical (unpaired) electrons. The van der Waals surface area contributed by atoms with Crippen LogP contribution in [0.25, 0.3) is 0 Å². The maximum absolute atomic E-state index is 12.1. The molecule has 0 bridgehead atoms. The molecular formula is C12H17N3O2. The van der Waals surface area contributed by atoms with Crippen LogP contribution in [0.4, 0.5) is 0 Å². The van der Waals surface area contributed by atoms with Crippen molar-refractivity contribution in [1.82, 2.24) is 15.2 Å². The number of nitrogens with one attached hydrogen (secondary N) is 2. The minimum absolute atomic E-state index is 0.0503. The molecule has 1 aromatic heterocycles. The number of aromatic nitrogens is 1. The molecule has 0 aliphatic carbocycles. The van der Waals surface area contributed by atoms with Crippen LogP contribution < -0.4 is 10.9 Å². The maximum atomic E-state index is 12.1. The highest BCUT2D eigenvalue weighted by Crippen LogP contribution is 2.12. The third-order valence-corrected chi connectivity index (χ3v) is 3.21. The highest BCUT2D eigenvalue weighted by Gasteiger charge is 2.22. The summed E-state index contributed by atoms with van der Waals surface area (Å²) in [6.07, 6.45) is 3.44. The van der Waals surface area contributed by atoms with Gasteiger partial charge in [0, 0.05) is 37.0 Å². The highest BCUT2D eigenvalue weighted by atomic mass is 16.2. The number of amides is 1. The number of rotatable bonds is 2. The van der Waals surface area contributed by atoms with Gasteiger partial charge in [0.25, 0.3) is 5.91 Å². The van der Waals surface area contributed by atoms with Crippen LogP contribution in [0.2, 0.25) is 0 Å². The van der Waals surface area contributed by atoms with Gasteiger partial charge in [0.05, 0.1) is 0 Å². The van der Waals surface area contributed by atoms with Crippen LogP contribution in [-0.4, -0.2) is 42.0 Å². The lowest BCUT2D eigenvalue weighted by molar-refractivity contribution is 0.0707. The second kappa shape index (κ2) is 5.14. The average molecular weight is 235 g/mol. The predicted molar refractivity (Wildman–Crippen MR) is 65.0 cm³/mol. The van der Waals surface area contributed by atoms with Gasteiger partial charge in [-0.2, -0.15) is 0 Å². The maximum Gasteiger partial charge on any atom is 0.254 e. The van der Waals surface area contributed by atoms with Crippen molar-refractivity contribution in [3.05, 3.63) is 34.2 Å². The van der Waals surface area contributed by atoms with Crippen molar-refractivity contribution in [1.29, 1.82) is 0 Å². The zero-order chi connectivity index (χ0) is 12.3. The Hall–Kier alpha value is -1.62. The van der Waals surface area contributed by atoms with Crippen LogP contribution in [-0.2, 0) is 0 Å². The summed E-state index contributed by atoms with van der Waals surface area (Å²) >= 11 is 0. The summed E-state index contributed by atoms with van der Waals surface area (Å²) in [5.74, 6) is -0.0503. The monoisotopic (exact) mass is 235 g/mol. The molecule has 1 saturated heterocycles. The molecule has 0 spiro atoms. The van der Waals surface area contributed by atoms with E-state index in [0.717, 1.165) is 25.9 Å². The first-order valence-corrected chi connectivity index (χ1v) is 5.86. The van der Waals surface area contributed by atoms with Gasteiger partial charge in [0.2, 0.25) is 5.56 Å². The van der Waals surface area contributed by atoms with Crippen LogP contribution in [0.3, 0.4) is 0 Å². The standard InChI is InChI=1S/C12H17N3O2/c1-13-10-3-6-15(7-4-10)12(17)9-2-5-14-11(16)8-9/h2,5,8,10,13H,3-4,6-7H2,1H3,(H,14,16). The summed E-state index contributed by atoms with van der Waals surface area (Å²) in [6.45, 7) is 1.49. The second-order valence-corrected chi connectivity index (χ2v) is 4.30. The topological polar surface area (TPSA) is 65.2 Å². The largest absolute Gasteiger partial charge is 0.339 e.